The number of carbonyl (C=O) groups excluding carboxylic acids is 1. The minimum absolute atomic E-state index is 0.0133. The lowest BCUT2D eigenvalue weighted by Gasteiger charge is -2.22. The van der Waals surface area contributed by atoms with Gasteiger partial charge in [-0.05, 0) is 54.3 Å². The van der Waals surface area contributed by atoms with Gasteiger partial charge in [0.1, 0.15) is 4.88 Å². The van der Waals surface area contributed by atoms with Crippen LogP contribution in [0.3, 0.4) is 0 Å². The number of aliphatic imine (C=N–C) groups is 1. The molecule has 1 amide bonds. The minimum Gasteiger partial charge on any atom is -0.481 e. The highest BCUT2D eigenvalue weighted by Crippen LogP contribution is 2.29. The van der Waals surface area contributed by atoms with Crippen molar-refractivity contribution in [1.29, 1.82) is 0 Å². The Morgan fingerprint density at radius 2 is 1.69 bits per heavy atom. The fourth-order valence-corrected chi connectivity index (χ4v) is 5.47. The lowest BCUT2D eigenvalue weighted by molar-refractivity contribution is -0.136. The van der Waals surface area contributed by atoms with Gasteiger partial charge in [0.2, 0.25) is 0 Å². The molecule has 0 bridgehead atoms. The van der Waals surface area contributed by atoms with Crippen LogP contribution in [-0.4, -0.2) is 30.2 Å². The molecule has 35 heavy (non-hydrogen) atoms. The number of amides is 1. The number of allylic oxidation sites excluding steroid dienone is 2. The molecule has 1 aliphatic rings. The summed E-state index contributed by atoms with van der Waals surface area (Å²) in [6.07, 6.45) is 5.91. The summed E-state index contributed by atoms with van der Waals surface area (Å²) < 4.78 is 0.915. The number of fused-ring (bicyclic) bond motifs is 1. The number of rotatable bonds is 7. The van der Waals surface area contributed by atoms with E-state index in [1.807, 2.05) is 36.4 Å². The van der Waals surface area contributed by atoms with Gasteiger partial charge in [-0.2, -0.15) is 0 Å². The highest BCUT2D eigenvalue weighted by atomic mass is 35.5. The molecule has 1 unspecified atom stereocenters. The van der Waals surface area contributed by atoms with Crippen molar-refractivity contribution >= 4 is 82.2 Å². The summed E-state index contributed by atoms with van der Waals surface area (Å²) in [4.78, 5) is 31.0. The van der Waals surface area contributed by atoms with E-state index >= 15 is 0 Å². The second kappa shape index (κ2) is 10.6. The molecule has 4 rings (SSSR count). The Morgan fingerprint density at radius 1 is 1.06 bits per heavy atom. The largest absolute Gasteiger partial charge is 0.481 e. The Bertz CT molecular complexity index is 1440. The smallest absolute Gasteiger partial charge is 0.305 e. The van der Waals surface area contributed by atoms with E-state index in [-0.39, 0.29) is 24.8 Å². The highest BCUT2D eigenvalue weighted by molar-refractivity contribution is 7.12. The predicted molar refractivity (Wildman–Crippen MR) is 146 cm³/mol. The number of anilines is 1. The van der Waals surface area contributed by atoms with Gasteiger partial charge in [0.15, 0.2) is 0 Å². The van der Waals surface area contributed by atoms with Crippen LogP contribution < -0.4 is 14.7 Å². The molecule has 0 saturated carbocycles. The number of benzene rings is 2. The van der Waals surface area contributed by atoms with E-state index in [4.69, 9.17) is 23.2 Å². The molecule has 1 aliphatic carbocycles. The molecule has 5 nitrogen and oxygen atoms in total. The first-order chi connectivity index (χ1) is 16.8. The normalized spacial score (nSPS) is 14.6. The van der Waals surface area contributed by atoms with Gasteiger partial charge in [0.05, 0.1) is 12.1 Å². The Kier molecular flexibility index (Phi) is 7.55. The molecule has 2 aromatic carbocycles. The topological polar surface area (TPSA) is 70.0 Å². The van der Waals surface area contributed by atoms with Gasteiger partial charge in [-0.1, -0.05) is 60.5 Å². The molecule has 1 aromatic heterocycles. The number of halogens is 2. The Labute approximate surface area is 217 Å². The summed E-state index contributed by atoms with van der Waals surface area (Å²) in [5, 5.41) is 11.2. The van der Waals surface area contributed by atoms with Crippen LogP contribution in [0.5, 0.6) is 0 Å². The Balaban J connectivity index is 1.79. The van der Waals surface area contributed by atoms with Crippen LogP contribution in [0.15, 0.2) is 59.6 Å². The molecule has 0 radical (unpaired) electrons. The minimum atomic E-state index is -0.990. The van der Waals surface area contributed by atoms with Crippen LogP contribution in [0.25, 0.3) is 17.7 Å². The first kappa shape index (κ1) is 24.9. The van der Waals surface area contributed by atoms with Crippen molar-refractivity contribution in [3.05, 3.63) is 84.8 Å². The summed E-state index contributed by atoms with van der Waals surface area (Å²) in [5.41, 5.74) is 3.24. The number of carbonyl (C=O) groups is 2. The van der Waals surface area contributed by atoms with Gasteiger partial charge >= 0.3 is 5.97 Å². The molecule has 0 fully saturated rings. The molecule has 1 N–H and O–H groups in total. The molecular weight excluding hydrogens is 503 g/mol. The van der Waals surface area contributed by atoms with Crippen molar-refractivity contribution in [1.82, 2.24) is 0 Å². The standard InChI is InChI=1S/C27H22Cl2N2O3S/c1-16-15-23-22(12-11-21(16)17-3-5-18(28)6-4-17)25(30-2)26(35-23)27(34)31(14-13-24(32)33)20-9-7-19(29)8-10-20/h3-12,15-16H,2,13-14H2,1H3,(H,32,33). The third kappa shape index (κ3) is 5.40. The Hall–Kier alpha value is -3.19. The van der Waals surface area contributed by atoms with Crippen molar-refractivity contribution in [3.8, 4) is 0 Å². The third-order valence-corrected chi connectivity index (χ3v) is 7.38. The summed E-state index contributed by atoms with van der Waals surface area (Å²) in [5.74, 6) is -1.24. The van der Waals surface area contributed by atoms with Crippen molar-refractivity contribution in [2.75, 3.05) is 11.4 Å². The second-order valence-electron chi connectivity index (χ2n) is 8.04. The fourth-order valence-electron chi connectivity index (χ4n) is 3.98. The van der Waals surface area contributed by atoms with Gasteiger partial charge in [-0.15, -0.1) is 11.3 Å². The average molecular weight is 525 g/mol. The van der Waals surface area contributed by atoms with E-state index in [9.17, 15) is 14.7 Å². The van der Waals surface area contributed by atoms with Crippen LogP contribution in [0.4, 0.5) is 11.4 Å². The number of hydrogen-bond acceptors (Lipinski definition) is 4. The molecule has 0 spiro atoms. The van der Waals surface area contributed by atoms with Gasteiger partial charge < -0.3 is 10.0 Å². The van der Waals surface area contributed by atoms with Crippen LogP contribution in [-0.2, 0) is 4.79 Å². The monoisotopic (exact) mass is 524 g/mol. The Morgan fingerprint density at radius 3 is 2.29 bits per heavy atom. The van der Waals surface area contributed by atoms with Crippen molar-refractivity contribution in [3.63, 3.8) is 0 Å². The summed E-state index contributed by atoms with van der Waals surface area (Å²) >= 11 is 13.4. The molecule has 178 valence electrons. The summed E-state index contributed by atoms with van der Waals surface area (Å²) in [6.45, 7) is 5.82. The molecule has 3 aromatic rings. The second-order valence-corrected chi connectivity index (χ2v) is 9.97. The van der Waals surface area contributed by atoms with Gasteiger partial charge in [0, 0.05) is 37.9 Å². The van der Waals surface area contributed by atoms with E-state index < -0.39 is 5.97 Å². The maximum Gasteiger partial charge on any atom is 0.305 e. The van der Waals surface area contributed by atoms with Crippen LogP contribution in [0, 0.1) is 5.92 Å². The number of aliphatic carboxylic acids is 1. The van der Waals surface area contributed by atoms with Crippen LogP contribution in [0.2, 0.25) is 10.0 Å². The van der Waals surface area contributed by atoms with E-state index in [1.54, 1.807) is 24.3 Å². The van der Waals surface area contributed by atoms with Crippen molar-refractivity contribution in [2.45, 2.75) is 13.3 Å². The summed E-state index contributed by atoms with van der Waals surface area (Å²) in [6, 6.07) is 14.4. The number of carboxylic acid groups (broad SMARTS) is 1. The third-order valence-electron chi connectivity index (χ3n) is 5.73. The molecule has 1 atom stereocenters. The van der Waals surface area contributed by atoms with E-state index in [0.717, 1.165) is 20.9 Å². The molecule has 8 heteroatoms. The first-order valence-corrected chi connectivity index (χ1v) is 12.4. The zero-order valence-electron chi connectivity index (χ0n) is 18.9. The quantitative estimate of drug-likeness (QED) is 0.397. The van der Waals surface area contributed by atoms with Gasteiger partial charge in [-0.25, -0.2) is 0 Å². The summed E-state index contributed by atoms with van der Waals surface area (Å²) in [7, 11) is 0. The van der Waals surface area contributed by atoms with Crippen molar-refractivity contribution in [2.24, 2.45) is 10.9 Å². The van der Waals surface area contributed by atoms with Gasteiger partial charge in [-0.3, -0.25) is 14.6 Å². The number of hydrogen-bond donors (Lipinski definition) is 1. The first-order valence-electron chi connectivity index (χ1n) is 10.9. The van der Waals surface area contributed by atoms with Crippen LogP contribution in [0.1, 0.15) is 28.6 Å². The number of thiophene rings is 1. The van der Waals surface area contributed by atoms with E-state index in [2.05, 4.69) is 24.7 Å². The van der Waals surface area contributed by atoms with E-state index in [1.165, 1.54) is 16.2 Å². The molecule has 0 saturated heterocycles. The molecule has 0 aliphatic heterocycles. The zero-order chi connectivity index (χ0) is 25.1. The zero-order valence-corrected chi connectivity index (χ0v) is 21.2. The van der Waals surface area contributed by atoms with Gasteiger partial charge in [0.25, 0.3) is 5.91 Å². The lowest BCUT2D eigenvalue weighted by Crippen LogP contribution is -2.32. The van der Waals surface area contributed by atoms with E-state index in [0.29, 0.717) is 26.3 Å². The maximum absolute atomic E-state index is 13.7. The molecular formula is C27H22Cl2N2O3S. The molecule has 1 heterocycles. The maximum atomic E-state index is 13.7. The predicted octanol–water partition coefficient (Wildman–Crippen LogP) is 5.80. The highest BCUT2D eigenvalue weighted by Gasteiger charge is 2.25. The van der Waals surface area contributed by atoms with Crippen LogP contribution >= 0.6 is 34.5 Å². The lowest BCUT2D eigenvalue weighted by atomic mass is 9.94. The SMILES string of the molecule is C=Nc1c(C(=O)N(CCC(=O)O)c2ccc(Cl)cc2)sc2c1=CC=C(c1ccc(Cl)cc1)C(C)C=2. The fraction of sp³-hybridized carbons (Fsp3) is 0.148. The van der Waals surface area contributed by atoms with Crippen molar-refractivity contribution < 1.29 is 14.7 Å². The number of nitrogens with zero attached hydrogens (tertiary/aromatic N) is 2. The number of carboxylic acids is 1. The average Bonchev–Trinajstić information content (AvgIpc) is 3.09.